The lowest BCUT2D eigenvalue weighted by molar-refractivity contribution is 0.457. The summed E-state index contributed by atoms with van der Waals surface area (Å²) in [7, 11) is 3.74. The van der Waals surface area contributed by atoms with Crippen LogP contribution >= 0.6 is 11.8 Å². The second kappa shape index (κ2) is 6.60. The molecular formula is C15H18N4S. The Hall–Kier alpha value is -1.77. The zero-order chi connectivity index (χ0) is 14.4. The lowest BCUT2D eigenvalue weighted by Gasteiger charge is -2.26. The van der Waals surface area contributed by atoms with Crippen molar-refractivity contribution in [3.05, 3.63) is 48.3 Å². The zero-order valence-corrected chi connectivity index (χ0v) is 12.5. The monoisotopic (exact) mass is 286 g/mol. The predicted octanol–water partition coefficient (Wildman–Crippen LogP) is 2.54. The van der Waals surface area contributed by atoms with Crippen LogP contribution in [0.3, 0.4) is 0 Å². The fraction of sp³-hybridized carbons (Fsp3) is 0.333. The highest BCUT2D eigenvalue weighted by Crippen LogP contribution is 2.28. The first kappa shape index (κ1) is 14.6. The fourth-order valence-corrected chi connectivity index (χ4v) is 3.10. The third-order valence-corrected chi connectivity index (χ3v) is 4.26. The molecule has 0 fully saturated rings. The average molecular weight is 286 g/mol. The predicted molar refractivity (Wildman–Crippen MR) is 81.3 cm³/mol. The van der Waals surface area contributed by atoms with Gasteiger partial charge in [0.05, 0.1) is 12.3 Å². The Bertz CT molecular complexity index is 587. The van der Waals surface area contributed by atoms with E-state index < -0.39 is 5.54 Å². The molecule has 4 nitrogen and oxygen atoms in total. The van der Waals surface area contributed by atoms with E-state index >= 15 is 0 Å². The van der Waals surface area contributed by atoms with E-state index in [9.17, 15) is 5.26 Å². The maximum absolute atomic E-state index is 9.59. The minimum absolute atomic E-state index is 0.629. The van der Waals surface area contributed by atoms with Gasteiger partial charge in [-0.15, -0.1) is 11.8 Å². The van der Waals surface area contributed by atoms with E-state index in [1.165, 1.54) is 0 Å². The Morgan fingerprint density at radius 3 is 2.70 bits per heavy atom. The van der Waals surface area contributed by atoms with Crippen molar-refractivity contribution in [3.8, 4) is 6.07 Å². The maximum atomic E-state index is 9.59. The van der Waals surface area contributed by atoms with E-state index in [1.807, 2.05) is 56.8 Å². The molecule has 0 saturated carbocycles. The third kappa shape index (κ3) is 3.21. The van der Waals surface area contributed by atoms with Gasteiger partial charge in [-0.25, -0.2) is 0 Å². The number of benzene rings is 1. The van der Waals surface area contributed by atoms with Crippen molar-refractivity contribution >= 4 is 11.8 Å². The van der Waals surface area contributed by atoms with Gasteiger partial charge < -0.3 is 0 Å². The number of hydrogen-bond acceptors (Lipinski definition) is 4. The molecule has 1 heterocycles. The minimum Gasteiger partial charge on any atom is -0.299 e. The number of nitrogens with one attached hydrogen (secondary N) is 1. The molecule has 104 valence electrons. The lowest BCUT2D eigenvalue weighted by Crippen LogP contribution is -2.39. The molecule has 0 aliphatic carbocycles. The third-order valence-electron chi connectivity index (χ3n) is 3.31. The second-order valence-corrected chi connectivity index (χ2v) is 5.75. The van der Waals surface area contributed by atoms with Gasteiger partial charge >= 0.3 is 0 Å². The van der Waals surface area contributed by atoms with Crippen LogP contribution in [-0.2, 0) is 12.6 Å². The zero-order valence-electron chi connectivity index (χ0n) is 11.7. The Morgan fingerprint density at radius 2 is 2.15 bits per heavy atom. The summed E-state index contributed by atoms with van der Waals surface area (Å²) in [4.78, 5) is 1.13. The first-order chi connectivity index (χ1) is 9.70. The van der Waals surface area contributed by atoms with Crippen LogP contribution < -0.4 is 5.32 Å². The number of nitrogens with zero attached hydrogens (tertiary/aromatic N) is 3. The van der Waals surface area contributed by atoms with Crippen LogP contribution in [-0.4, -0.2) is 22.6 Å². The molecule has 0 bridgehead atoms. The average Bonchev–Trinajstić information content (AvgIpc) is 2.90. The van der Waals surface area contributed by atoms with Crippen LogP contribution in [0.2, 0.25) is 0 Å². The van der Waals surface area contributed by atoms with E-state index in [0.29, 0.717) is 0 Å². The lowest BCUT2D eigenvalue weighted by atomic mass is 9.89. The molecular weight excluding hydrogens is 268 g/mol. The molecule has 2 rings (SSSR count). The van der Waals surface area contributed by atoms with Crippen molar-refractivity contribution in [1.29, 1.82) is 5.26 Å². The molecule has 0 aliphatic rings. The number of hydrogen-bond donors (Lipinski definition) is 1. The van der Waals surface area contributed by atoms with Gasteiger partial charge in [0.2, 0.25) is 0 Å². The molecule has 0 aliphatic heterocycles. The van der Waals surface area contributed by atoms with Gasteiger partial charge in [-0.2, -0.15) is 10.4 Å². The summed E-state index contributed by atoms with van der Waals surface area (Å²) in [6, 6.07) is 12.3. The summed E-state index contributed by atoms with van der Waals surface area (Å²) in [5.74, 6) is 0.856. The van der Waals surface area contributed by atoms with Gasteiger partial charge in [-0.1, -0.05) is 30.3 Å². The second-order valence-electron chi connectivity index (χ2n) is 4.58. The summed E-state index contributed by atoms with van der Waals surface area (Å²) in [5, 5.41) is 16.9. The first-order valence-electron chi connectivity index (χ1n) is 6.47. The van der Waals surface area contributed by atoms with Gasteiger partial charge in [-0.3, -0.25) is 10.00 Å². The topological polar surface area (TPSA) is 53.6 Å². The van der Waals surface area contributed by atoms with Crippen LogP contribution in [0.25, 0.3) is 0 Å². The quantitative estimate of drug-likeness (QED) is 0.829. The van der Waals surface area contributed by atoms with E-state index in [4.69, 9.17) is 0 Å². The SMILES string of the molecule is CNC(C#N)(CCSc1cnn(C)c1)c1ccccc1. The molecule has 1 aromatic heterocycles. The van der Waals surface area contributed by atoms with Gasteiger partial charge in [0.15, 0.2) is 0 Å². The Balaban J connectivity index is 2.05. The van der Waals surface area contributed by atoms with E-state index in [1.54, 1.807) is 16.4 Å². The molecule has 1 aromatic carbocycles. The molecule has 0 saturated heterocycles. The van der Waals surface area contributed by atoms with Crippen molar-refractivity contribution < 1.29 is 0 Å². The molecule has 0 amide bonds. The largest absolute Gasteiger partial charge is 0.299 e. The molecule has 0 spiro atoms. The smallest absolute Gasteiger partial charge is 0.132 e. The Kier molecular flexibility index (Phi) is 4.83. The number of thioether (sulfide) groups is 1. The fourth-order valence-electron chi connectivity index (χ4n) is 2.11. The highest BCUT2D eigenvalue weighted by atomic mass is 32.2. The van der Waals surface area contributed by atoms with E-state index in [2.05, 4.69) is 16.5 Å². The molecule has 1 unspecified atom stereocenters. The van der Waals surface area contributed by atoms with Crippen molar-refractivity contribution in [2.75, 3.05) is 12.8 Å². The Morgan fingerprint density at radius 1 is 1.40 bits per heavy atom. The summed E-state index contributed by atoms with van der Waals surface area (Å²) < 4.78 is 1.79. The summed E-state index contributed by atoms with van der Waals surface area (Å²) in [6.07, 6.45) is 4.57. The standard InChI is InChI=1S/C15H18N4S/c1-17-15(12-16,13-6-4-3-5-7-13)8-9-20-14-10-18-19(2)11-14/h3-7,10-11,17H,8-9H2,1-2H3. The maximum Gasteiger partial charge on any atom is 0.132 e. The number of nitriles is 1. The molecule has 0 radical (unpaired) electrons. The Labute approximate surface area is 123 Å². The number of aromatic nitrogens is 2. The highest BCUT2D eigenvalue weighted by Gasteiger charge is 2.29. The molecule has 2 aromatic rings. The van der Waals surface area contributed by atoms with E-state index in [-0.39, 0.29) is 0 Å². The first-order valence-corrected chi connectivity index (χ1v) is 7.46. The van der Waals surface area contributed by atoms with Gasteiger partial charge in [0, 0.05) is 23.9 Å². The summed E-state index contributed by atoms with van der Waals surface area (Å²) in [6.45, 7) is 0. The molecule has 1 N–H and O–H groups in total. The molecule has 20 heavy (non-hydrogen) atoms. The van der Waals surface area contributed by atoms with Gasteiger partial charge in [0.25, 0.3) is 0 Å². The van der Waals surface area contributed by atoms with Crippen molar-refractivity contribution in [1.82, 2.24) is 15.1 Å². The summed E-state index contributed by atoms with van der Waals surface area (Å²) >= 11 is 1.72. The molecule has 1 atom stereocenters. The van der Waals surface area contributed by atoms with Crippen molar-refractivity contribution in [2.24, 2.45) is 7.05 Å². The van der Waals surface area contributed by atoms with Gasteiger partial charge in [0.1, 0.15) is 5.54 Å². The van der Waals surface area contributed by atoms with Crippen LogP contribution in [0, 0.1) is 11.3 Å². The van der Waals surface area contributed by atoms with Crippen LogP contribution in [0.15, 0.2) is 47.6 Å². The van der Waals surface area contributed by atoms with E-state index in [0.717, 1.165) is 22.6 Å². The van der Waals surface area contributed by atoms with Gasteiger partial charge in [-0.05, 0) is 19.0 Å². The molecule has 5 heteroatoms. The summed E-state index contributed by atoms with van der Waals surface area (Å²) in [5.41, 5.74) is 0.382. The number of rotatable bonds is 6. The minimum atomic E-state index is -0.629. The van der Waals surface area contributed by atoms with Crippen LogP contribution in [0.1, 0.15) is 12.0 Å². The number of aryl methyl sites for hydroxylation is 1. The highest BCUT2D eigenvalue weighted by molar-refractivity contribution is 7.99. The van der Waals surface area contributed by atoms with Crippen molar-refractivity contribution in [2.45, 2.75) is 16.9 Å². The van der Waals surface area contributed by atoms with Crippen LogP contribution in [0.4, 0.5) is 0 Å². The normalized spacial score (nSPS) is 13.7. The van der Waals surface area contributed by atoms with Crippen LogP contribution in [0.5, 0.6) is 0 Å². The van der Waals surface area contributed by atoms with Crippen molar-refractivity contribution in [3.63, 3.8) is 0 Å².